The summed E-state index contributed by atoms with van der Waals surface area (Å²) in [5, 5.41) is 20.1. The molecule has 29 heavy (non-hydrogen) atoms. The van der Waals surface area contributed by atoms with Crippen LogP contribution in [0.15, 0.2) is 17.7 Å². The Bertz CT molecular complexity index is 819. The maximum atomic E-state index is 11.0. The number of phenolic OH excluding ortho intramolecular Hbond substituents is 1. The van der Waals surface area contributed by atoms with Gasteiger partial charge in [-0.05, 0) is 60.9 Å². The van der Waals surface area contributed by atoms with E-state index in [1.807, 2.05) is 6.07 Å². The van der Waals surface area contributed by atoms with Crippen LogP contribution in [0.4, 0.5) is 0 Å². The number of hydrogen-bond acceptors (Lipinski definition) is 4. The first-order chi connectivity index (χ1) is 13.8. The summed E-state index contributed by atoms with van der Waals surface area (Å²) in [7, 11) is 0. The van der Waals surface area contributed by atoms with Gasteiger partial charge in [-0.1, -0.05) is 46.5 Å². The molecule has 0 fully saturated rings. The third-order valence-corrected chi connectivity index (χ3v) is 6.86. The van der Waals surface area contributed by atoms with Crippen molar-refractivity contribution in [3.63, 3.8) is 0 Å². The second-order valence-electron chi connectivity index (χ2n) is 9.36. The zero-order valence-electron chi connectivity index (χ0n) is 18.7. The molecule has 2 aliphatic rings. The first kappa shape index (κ1) is 21.7. The quantitative estimate of drug-likeness (QED) is 0.463. The standard InChI is InChI=1S/C25H36N2O2/c1-6-7-8-9-17(2)18(3)19-14-22(28)24-20-16-27(13-11-26)12-10-21(20)25(4,5)29-23(24)15-19/h14-15,17-18,28H,6-10,12-13,16H2,1-5H3. The zero-order valence-corrected chi connectivity index (χ0v) is 18.7. The normalized spacial score (nSPS) is 20.3. The van der Waals surface area contributed by atoms with Crippen LogP contribution in [-0.2, 0) is 0 Å². The van der Waals surface area contributed by atoms with Gasteiger partial charge < -0.3 is 9.84 Å². The lowest BCUT2D eigenvalue weighted by Crippen LogP contribution is -2.42. The van der Waals surface area contributed by atoms with Crippen molar-refractivity contribution in [1.82, 2.24) is 4.90 Å². The Balaban J connectivity index is 1.94. The lowest BCUT2D eigenvalue weighted by atomic mass is 9.79. The highest BCUT2D eigenvalue weighted by Gasteiger charge is 2.39. The van der Waals surface area contributed by atoms with Gasteiger partial charge in [0.2, 0.25) is 0 Å². The lowest BCUT2D eigenvalue weighted by molar-refractivity contribution is 0.131. The molecular formula is C25H36N2O2. The second-order valence-corrected chi connectivity index (χ2v) is 9.36. The van der Waals surface area contributed by atoms with E-state index in [-0.39, 0.29) is 5.60 Å². The third-order valence-electron chi connectivity index (χ3n) is 6.86. The minimum Gasteiger partial charge on any atom is -0.507 e. The van der Waals surface area contributed by atoms with E-state index < -0.39 is 0 Å². The number of ether oxygens (including phenoxy) is 1. The minimum atomic E-state index is -0.387. The summed E-state index contributed by atoms with van der Waals surface area (Å²) in [5.41, 5.74) is 3.99. The molecule has 0 aromatic heterocycles. The Morgan fingerprint density at radius 3 is 2.72 bits per heavy atom. The monoisotopic (exact) mass is 396 g/mol. The van der Waals surface area contributed by atoms with Crippen molar-refractivity contribution < 1.29 is 9.84 Å². The Kier molecular flexibility index (Phi) is 6.58. The highest BCUT2D eigenvalue weighted by atomic mass is 16.5. The highest BCUT2D eigenvalue weighted by molar-refractivity contribution is 5.82. The lowest BCUT2D eigenvalue weighted by Gasteiger charge is -2.42. The van der Waals surface area contributed by atoms with E-state index in [0.717, 1.165) is 35.4 Å². The third kappa shape index (κ3) is 4.46. The molecule has 0 bridgehead atoms. The summed E-state index contributed by atoms with van der Waals surface area (Å²) >= 11 is 0. The van der Waals surface area contributed by atoms with E-state index in [2.05, 4.69) is 51.7 Å². The predicted molar refractivity (Wildman–Crippen MR) is 118 cm³/mol. The number of hydrogen-bond donors (Lipinski definition) is 1. The first-order valence-corrected chi connectivity index (χ1v) is 11.2. The van der Waals surface area contributed by atoms with E-state index in [1.54, 1.807) is 0 Å². The van der Waals surface area contributed by atoms with E-state index in [9.17, 15) is 5.11 Å². The maximum absolute atomic E-state index is 11.0. The molecule has 3 rings (SSSR count). The molecule has 1 aromatic carbocycles. The topological polar surface area (TPSA) is 56.5 Å². The minimum absolute atomic E-state index is 0.312. The van der Waals surface area contributed by atoms with Gasteiger partial charge in [-0.3, -0.25) is 4.90 Å². The van der Waals surface area contributed by atoms with Gasteiger partial charge >= 0.3 is 0 Å². The van der Waals surface area contributed by atoms with Crippen molar-refractivity contribution in [3.8, 4) is 17.6 Å². The summed E-state index contributed by atoms with van der Waals surface area (Å²) in [6.07, 6.45) is 5.85. The van der Waals surface area contributed by atoms with Gasteiger partial charge in [-0.15, -0.1) is 0 Å². The average Bonchev–Trinajstić information content (AvgIpc) is 2.66. The van der Waals surface area contributed by atoms with Gasteiger partial charge in [0.25, 0.3) is 0 Å². The van der Waals surface area contributed by atoms with E-state index >= 15 is 0 Å². The van der Waals surface area contributed by atoms with Gasteiger partial charge in [0.1, 0.15) is 17.1 Å². The molecule has 0 saturated heterocycles. The summed E-state index contributed by atoms with van der Waals surface area (Å²) in [5.74, 6) is 2.03. The molecule has 0 saturated carbocycles. The zero-order chi connectivity index (χ0) is 21.2. The van der Waals surface area contributed by atoms with Crippen LogP contribution in [0.1, 0.15) is 83.8 Å². The molecule has 0 aliphatic carbocycles. The molecule has 4 nitrogen and oxygen atoms in total. The molecule has 2 atom stereocenters. The fourth-order valence-corrected chi connectivity index (χ4v) is 4.85. The summed E-state index contributed by atoms with van der Waals surface area (Å²) in [6.45, 7) is 13.0. The van der Waals surface area contributed by atoms with Crippen LogP contribution < -0.4 is 4.74 Å². The second kappa shape index (κ2) is 8.79. The molecule has 2 unspecified atom stereocenters. The number of rotatable bonds is 7. The van der Waals surface area contributed by atoms with Crippen LogP contribution >= 0.6 is 0 Å². The summed E-state index contributed by atoms with van der Waals surface area (Å²) in [4.78, 5) is 2.15. The van der Waals surface area contributed by atoms with E-state index in [1.165, 1.54) is 31.3 Å². The van der Waals surface area contributed by atoms with Crippen molar-refractivity contribution in [3.05, 3.63) is 28.8 Å². The SMILES string of the molecule is CCCCCC(C)C(C)c1cc(O)c2c(c1)OC(C)(C)C1=C2CN(CC#N)CC1. The van der Waals surface area contributed by atoms with Crippen LogP contribution in [-0.4, -0.2) is 35.2 Å². The summed E-state index contributed by atoms with van der Waals surface area (Å²) in [6, 6.07) is 6.34. The molecule has 0 amide bonds. The van der Waals surface area contributed by atoms with Crippen molar-refractivity contribution >= 4 is 5.57 Å². The molecule has 158 valence electrons. The fraction of sp³-hybridized carbons (Fsp3) is 0.640. The summed E-state index contributed by atoms with van der Waals surface area (Å²) < 4.78 is 6.43. The number of unbranched alkanes of at least 4 members (excludes halogenated alkanes) is 2. The first-order valence-electron chi connectivity index (χ1n) is 11.2. The predicted octanol–water partition coefficient (Wildman–Crippen LogP) is 5.87. The van der Waals surface area contributed by atoms with E-state index in [0.29, 0.717) is 30.7 Å². The number of nitrogens with zero attached hydrogens (tertiary/aromatic N) is 2. The van der Waals surface area contributed by atoms with Crippen molar-refractivity contribution in [2.24, 2.45) is 5.92 Å². The van der Waals surface area contributed by atoms with Crippen molar-refractivity contribution in [2.75, 3.05) is 19.6 Å². The number of benzene rings is 1. The Hall–Kier alpha value is -1.99. The fourth-order valence-electron chi connectivity index (χ4n) is 4.85. The number of aromatic hydroxyl groups is 1. The molecule has 1 aromatic rings. The molecule has 4 heteroatoms. The molecule has 2 heterocycles. The van der Waals surface area contributed by atoms with Gasteiger partial charge in [0, 0.05) is 13.1 Å². The van der Waals surface area contributed by atoms with Crippen molar-refractivity contribution in [1.29, 1.82) is 5.26 Å². The van der Waals surface area contributed by atoms with Crippen molar-refractivity contribution in [2.45, 2.75) is 78.2 Å². The van der Waals surface area contributed by atoms with Gasteiger partial charge in [-0.2, -0.15) is 5.26 Å². The van der Waals surface area contributed by atoms with E-state index in [4.69, 9.17) is 10.00 Å². The average molecular weight is 397 g/mol. The maximum Gasteiger partial charge on any atom is 0.132 e. The Labute approximate surface area is 176 Å². The van der Waals surface area contributed by atoms with Gasteiger partial charge in [0.05, 0.1) is 18.2 Å². The number of fused-ring (bicyclic) bond motifs is 2. The number of nitriles is 1. The molecule has 1 N–H and O–H groups in total. The smallest absolute Gasteiger partial charge is 0.132 e. The molecule has 0 radical (unpaired) electrons. The van der Waals surface area contributed by atoms with Gasteiger partial charge in [0.15, 0.2) is 0 Å². The largest absolute Gasteiger partial charge is 0.507 e. The molecular weight excluding hydrogens is 360 g/mol. The van der Waals surface area contributed by atoms with Crippen LogP contribution in [0.2, 0.25) is 0 Å². The number of phenols is 1. The van der Waals surface area contributed by atoms with Crippen LogP contribution in [0.25, 0.3) is 5.57 Å². The Morgan fingerprint density at radius 2 is 2.03 bits per heavy atom. The molecule has 2 aliphatic heterocycles. The van der Waals surface area contributed by atoms with Gasteiger partial charge in [-0.25, -0.2) is 0 Å². The van der Waals surface area contributed by atoms with Crippen LogP contribution in [0, 0.1) is 17.2 Å². The molecule has 0 spiro atoms. The van der Waals surface area contributed by atoms with Crippen LogP contribution in [0.3, 0.4) is 0 Å². The highest BCUT2D eigenvalue weighted by Crippen LogP contribution is 2.49. The Morgan fingerprint density at radius 1 is 1.28 bits per heavy atom. The van der Waals surface area contributed by atoms with Crippen LogP contribution in [0.5, 0.6) is 11.5 Å².